The summed E-state index contributed by atoms with van der Waals surface area (Å²) in [5.41, 5.74) is 0.922. The second-order valence-electron chi connectivity index (χ2n) is 6.83. The third-order valence-corrected chi connectivity index (χ3v) is 5.88. The van der Waals surface area contributed by atoms with E-state index in [1.807, 2.05) is 11.3 Å². The molecule has 0 amide bonds. The highest BCUT2D eigenvalue weighted by molar-refractivity contribution is 7.12. The van der Waals surface area contributed by atoms with Gasteiger partial charge >= 0.3 is 0 Å². The second kappa shape index (κ2) is 5.34. The summed E-state index contributed by atoms with van der Waals surface area (Å²) in [6.07, 6.45) is 5.61. The summed E-state index contributed by atoms with van der Waals surface area (Å²) in [5, 5.41) is 3.67. The predicted octanol–water partition coefficient (Wildman–Crippen LogP) is 4.72. The van der Waals surface area contributed by atoms with Crippen LogP contribution in [0.4, 0.5) is 0 Å². The van der Waals surface area contributed by atoms with Gasteiger partial charge in [0.15, 0.2) is 0 Å². The molecule has 18 heavy (non-hydrogen) atoms. The quantitative estimate of drug-likeness (QED) is 0.812. The van der Waals surface area contributed by atoms with Crippen LogP contribution < -0.4 is 5.32 Å². The normalized spacial score (nSPS) is 18.7. The fraction of sp³-hybridized carbons (Fsp3) is 0.750. The van der Waals surface area contributed by atoms with Crippen LogP contribution >= 0.6 is 11.3 Å². The third-order valence-electron chi connectivity index (χ3n) is 4.36. The number of rotatable bonds is 5. The van der Waals surface area contributed by atoms with Crippen LogP contribution in [0.5, 0.6) is 0 Å². The summed E-state index contributed by atoms with van der Waals surface area (Å²) in [4.78, 5) is 2.97. The van der Waals surface area contributed by atoms with Crippen LogP contribution in [0.2, 0.25) is 0 Å². The Hall–Kier alpha value is -0.340. The van der Waals surface area contributed by atoms with Gasteiger partial charge in [-0.1, -0.05) is 34.1 Å². The molecule has 1 nitrogen and oxygen atoms in total. The lowest BCUT2D eigenvalue weighted by molar-refractivity contribution is 0.124. The van der Waals surface area contributed by atoms with Crippen LogP contribution in [-0.2, 0) is 12.0 Å². The van der Waals surface area contributed by atoms with Crippen molar-refractivity contribution in [1.82, 2.24) is 5.32 Å². The summed E-state index contributed by atoms with van der Waals surface area (Å²) in [7, 11) is 0. The molecular formula is C16H27NS. The summed E-state index contributed by atoms with van der Waals surface area (Å²) in [6, 6.07) is 4.58. The smallest absolute Gasteiger partial charge is 0.0300 e. The fourth-order valence-corrected chi connectivity index (χ4v) is 3.69. The van der Waals surface area contributed by atoms with Gasteiger partial charge in [-0.05, 0) is 42.2 Å². The van der Waals surface area contributed by atoms with E-state index in [0.717, 1.165) is 6.54 Å². The van der Waals surface area contributed by atoms with Crippen LogP contribution in [-0.4, -0.2) is 6.54 Å². The summed E-state index contributed by atoms with van der Waals surface area (Å²) >= 11 is 1.96. The predicted molar refractivity (Wildman–Crippen MR) is 81.3 cm³/mol. The molecule has 2 heteroatoms. The maximum absolute atomic E-state index is 3.67. The van der Waals surface area contributed by atoms with Gasteiger partial charge in [0.1, 0.15) is 0 Å². The van der Waals surface area contributed by atoms with Crippen molar-refractivity contribution in [1.29, 1.82) is 0 Å². The Labute approximate surface area is 116 Å². The summed E-state index contributed by atoms with van der Waals surface area (Å²) < 4.78 is 0. The van der Waals surface area contributed by atoms with Gasteiger partial charge in [0.05, 0.1) is 0 Å². The number of hydrogen-bond donors (Lipinski definition) is 1. The maximum Gasteiger partial charge on any atom is 0.0300 e. The Morgan fingerprint density at radius 1 is 1.28 bits per heavy atom. The van der Waals surface area contributed by atoms with Crippen molar-refractivity contribution in [3.8, 4) is 0 Å². The standard InChI is InChI=1S/C16H27NS/c1-5-16(9-6-10-16)12-17-11-13-7-8-14(18-13)15(2,3)4/h7-8,17H,5-6,9-12H2,1-4H3. The molecule has 0 aromatic carbocycles. The van der Waals surface area contributed by atoms with Gasteiger partial charge in [0.2, 0.25) is 0 Å². The van der Waals surface area contributed by atoms with Crippen molar-refractivity contribution in [2.45, 2.75) is 65.3 Å². The molecule has 2 rings (SSSR count). The Morgan fingerprint density at radius 2 is 2.00 bits per heavy atom. The number of thiophene rings is 1. The minimum absolute atomic E-state index is 0.293. The minimum Gasteiger partial charge on any atom is -0.311 e. The Kier molecular flexibility index (Phi) is 4.18. The Balaban J connectivity index is 1.82. The van der Waals surface area contributed by atoms with E-state index in [1.165, 1.54) is 42.0 Å². The van der Waals surface area contributed by atoms with E-state index in [4.69, 9.17) is 0 Å². The highest BCUT2D eigenvalue weighted by Crippen LogP contribution is 2.43. The first-order valence-corrected chi connectivity index (χ1v) is 8.07. The molecular weight excluding hydrogens is 238 g/mol. The molecule has 1 N–H and O–H groups in total. The molecule has 0 atom stereocenters. The highest BCUT2D eigenvalue weighted by atomic mass is 32.1. The fourth-order valence-electron chi connectivity index (χ4n) is 2.66. The molecule has 0 radical (unpaired) electrons. The van der Waals surface area contributed by atoms with E-state index < -0.39 is 0 Å². The van der Waals surface area contributed by atoms with Crippen LogP contribution in [0, 0.1) is 5.41 Å². The molecule has 0 saturated heterocycles. The van der Waals surface area contributed by atoms with Gasteiger partial charge in [0.25, 0.3) is 0 Å². The van der Waals surface area contributed by atoms with E-state index in [1.54, 1.807) is 0 Å². The topological polar surface area (TPSA) is 12.0 Å². The molecule has 1 aliphatic carbocycles. The zero-order chi connectivity index (χ0) is 13.2. The van der Waals surface area contributed by atoms with Crippen LogP contribution in [0.3, 0.4) is 0 Å². The zero-order valence-electron chi connectivity index (χ0n) is 12.3. The largest absolute Gasteiger partial charge is 0.311 e. The first-order chi connectivity index (χ1) is 8.45. The summed E-state index contributed by atoms with van der Waals surface area (Å²) in [5.74, 6) is 0. The molecule has 1 aromatic heterocycles. The lowest BCUT2D eigenvalue weighted by atomic mass is 9.67. The molecule has 0 bridgehead atoms. The van der Waals surface area contributed by atoms with E-state index in [9.17, 15) is 0 Å². The molecule has 1 aliphatic rings. The van der Waals surface area contributed by atoms with E-state index in [0.29, 0.717) is 10.8 Å². The molecule has 1 heterocycles. The number of hydrogen-bond acceptors (Lipinski definition) is 2. The van der Waals surface area contributed by atoms with Gasteiger partial charge in [-0.15, -0.1) is 11.3 Å². The van der Waals surface area contributed by atoms with E-state index >= 15 is 0 Å². The van der Waals surface area contributed by atoms with Gasteiger partial charge < -0.3 is 5.32 Å². The average molecular weight is 265 g/mol. The van der Waals surface area contributed by atoms with Crippen molar-refractivity contribution < 1.29 is 0 Å². The van der Waals surface area contributed by atoms with Crippen LogP contribution in [0.1, 0.15) is 63.1 Å². The first kappa shape index (κ1) is 14.1. The van der Waals surface area contributed by atoms with Crippen LogP contribution in [0.15, 0.2) is 12.1 Å². The molecule has 0 spiro atoms. The first-order valence-electron chi connectivity index (χ1n) is 7.25. The van der Waals surface area contributed by atoms with Gasteiger partial charge in [-0.25, -0.2) is 0 Å². The second-order valence-corrected chi connectivity index (χ2v) is 7.99. The Bertz CT molecular complexity index is 377. The number of nitrogens with one attached hydrogen (secondary N) is 1. The molecule has 0 unspecified atom stereocenters. The average Bonchev–Trinajstić information content (AvgIpc) is 2.70. The van der Waals surface area contributed by atoms with E-state index in [-0.39, 0.29) is 0 Å². The molecule has 1 saturated carbocycles. The van der Waals surface area contributed by atoms with Crippen molar-refractivity contribution in [2.24, 2.45) is 5.41 Å². The van der Waals surface area contributed by atoms with Crippen LogP contribution in [0.25, 0.3) is 0 Å². The zero-order valence-corrected chi connectivity index (χ0v) is 13.1. The Morgan fingerprint density at radius 3 is 2.44 bits per heavy atom. The van der Waals surface area contributed by atoms with Gasteiger partial charge in [-0.2, -0.15) is 0 Å². The van der Waals surface area contributed by atoms with Crippen molar-refractivity contribution in [3.05, 3.63) is 21.9 Å². The molecule has 1 aromatic rings. The van der Waals surface area contributed by atoms with Crippen molar-refractivity contribution in [2.75, 3.05) is 6.54 Å². The summed E-state index contributed by atoms with van der Waals surface area (Å²) in [6.45, 7) is 11.4. The van der Waals surface area contributed by atoms with E-state index in [2.05, 4.69) is 45.1 Å². The van der Waals surface area contributed by atoms with Gasteiger partial charge in [0, 0.05) is 22.8 Å². The lowest BCUT2D eigenvalue weighted by Crippen LogP contribution is -2.39. The lowest BCUT2D eigenvalue weighted by Gasteiger charge is -2.41. The third kappa shape index (κ3) is 3.16. The monoisotopic (exact) mass is 265 g/mol. The maximum atomic E-state index is 3.67. The molecule has 1 fully saturated rings. The minimum atomic E-state index is 0.293. The van der Waals surface area contributed by atoms with Crippen molar-refractivity contribution in [3.63, 3.8) is 0 Å². The highest BCUT2D eigenvalue weighted by Gasteiger charge is 2.34. The van der Waals surface area contributed by atoms with Crippen molar-refractivity contribution >= 4 is 11.3 Å². The molecule has 0 aliphatic heterocycles. The van der Waals surface area contributed by atoms with Gasteiger partial charge in [-0.3, -0.25) is 0 Å². The molecule has 102 valence electrons. The SMILES string of the molecule is CCC1(CNCc2ccc(C(C)(C)C)s2)CCC1.